The van der Waals surface area contributed by atoms with Crippen LogP contribution in [0.25, 0.3) is 0 Å². The van der Waals surface area contributed by atoms with Gasteiger partial charge in [0.05, 0.1) is 36.7 Å². The van der Waals surface area contributed by atoms with Gasteiger partial charge in [0, 0.05) is 6.07 Å². The molecule has 4 rings (SSSR count). The molecule has 3 N–H and O–H groups in total. The molecule has 2 amide bonds. The Kier molecular flexibility index (Phi) is 7.88. The Bertz CT molecular complexity index is 1310. The fourth-order valence-corrected chi connectivity index (χ4v) is 4.14. The van der Waals surface area contributed by atoms with Crippen LogP contribution in [0.1, 0.15) is 59.3 Å². The first-order chi connectivity index (χ1) is 18.0. The number of aromatic nitrogens is 2. The Labute approximate surface area is 220 Å². The zero-order valence-corrected chi connectivity index (χ0v) is 21.3. The van der Waals surface area contributed by atoms with Gasteiger partial charge in [-0.05, 0) is 68.1 Å². The first-order valence-electron chi connectivity index (χ1n) is 11.7. The molecule has 0 spiro atoms. The number of benzene rings is 1. The first-order valence-corrected chi connectivity index (χ1v) is 12.5. The lowest BCUT2D eigenvalue weighted by Crippen LogP contribution is -2.48. The molecule has 0 bridgehead atoms. The molecular weight excluding hydrogens is 525 g/mol. The third-order valence-corrected chi connectivity index (χ3v) is 6.56. The van der Waals surface area contributed by atoms with Crippen molar-refractivity contribution < 1.29 is 37.3 Å². The summed E-state index contributed by atoms with van der Waals surface area (Å²) >= 11 is 0.980. The lowest BCUT2D eigenvalue weighted by Gasteiger charge is -2.17. The van der Waals surface area contributed by atoms with Crippen LogP contribution in [0.5, 0.6) is 17.4 Å². The standard InChI is InChI=1S/C25H25F3N4O5S/c1-3-36-21-11-20(38-32-21)22(34)31-24(8-9-24)23(35)30-12-16-5-6-17(13-29-16)37-19-7-4-15(14(2)33)10-18(19)25(26,27)28/h4-7,10-11,13-14,33H,3,8-9,12H2,1-2H3,(H,30,35)(H,31,34). The zero-order chi connectivity index (χ0) is 27.5. The van der Waals surface area contributed by atoms with Gasteiger partial charge in [-0.2, -0.15) is 17.5 Å². The van der Waals surface area contributed by atoms with Crippen LogP contribution in [0.2, 0.25) is 0 Å². The SMILES string of the molecule is CCOc1cc(C(=O)NC2(C(=O)NCc3ccc(Oc4ccc(C(C)O)cc4C(F)(F)F)cn3)CC2)sn1. The summed E-state index contributed by atoms with van der Waals surface area (Å²) in [7, 11) is 0. The molecule has 0 radical (unpaired) electrons. The second-order valence-electron chi connectivity index (χ2n) is 8.70. The minimum absolute atomic E-state index is 0.0443. The number of halogens is 3. The number of rotatable bonds is 10. The number of ether oxygens (including phenoxy) is 2. The molecule has 38 heavy (non-hydrogen) atoms. The Morgan fingerprint density at radius 1 is 1.21 bits per heavy atom. The van der Waals surface area contributed by atoms with Crippen molar-refractivity contribution in [1.29, 1.82) is 0 Å². The van der Waals surface area contributed by atoms with Crippen molar-refractivity contribution in [3.8, 4) is 17.4 Å². The highest BCUT2D eigenvalue weighted by atomic mass is 32.1. The number of aliphatic hydroxyl groups excluding tert-OH is 1. The van der Waals surface area contributed by atoms with Crippen LogP contribution in [-0.4, -0.2) is 38.4 Å². The number of hydrogen-bond donors (Lipinski definition) is 3. The molecule has 0 saturated heterocycles. The smallest absolute Gasteiger partial charge is 0.419 e. The van der Waals surface area contributed by atoms with E-state index < -0.39 is 35.0 Å². The van der Waals surface area contributed by atoms with Crippen LogP contribution >= 0.6 is 11.5 Å². The topological polar surface area (TPSA) is 123 Å². The van der Waals surface area contributed by atoms with Gasteiger partial charge in [0.25, 0.3) is 5.91 Å². The molecule has 1 aromatic carbocycles. The maximum Gasteiger partial charge on any atom is 0.419 e. The summed E-state index contributed by atoms with van der Waals surface area (Å²) in [5.74, 6) is -0.791. The molecule has 0 aliphatic heterocycles. The number of aliphatic hydroxyl groups is 1. The summed E-state index contributed by atoms with van der Waals surface area (Å²) < 4.78 is 55.2. The van der Waals surface area contributed by atoms with Crippen molar-refractivity contribution in [1.82, 2.24) is 20.0 Å². The van der Waals surface area contributed by atoms with E-state index in [1.165, 1.54) is 37.4 Å². The molecule has 13 heteroatoms. The molecule has 1 aliphatic rings. The summed E-state index contributed by atoms with van der Waals surface area (Å²) in [5, 5.41) is 15.1. The van der Waals surface area contributed by atoms with Crippen molar-refractivity contribution >= 4 is 23.3 Å². The van der Waals surface area contributed by atoms with Crippen LogP contribution in [0, 0.1) is 0 Å². The number of hydrogen-bond acceptors (Lipinski definition) is 8. The fraction of sp³-hybridized carbons (Fsp3) is 0.360. The molecule has 9 nitrogen and oxygen atoms in total. The van der Waals surface area contributed by atoms with Gasteiger partial charge in [-0.1, -0.05) is 6.07 Å². The van der Waals surface area contributed by atoms with Crippen LogP contribution in [-0.2, 0) is 17.5 Å². The molecule has 202 valence electrons. The summed E-state index contributed by atoms with van der Waals surface area (Å²) in [6, 6.07) is 7.81. The highest BCUT2D eigenvalue weighted by Crippen LogP contribution is 2.39. The van der Waals surface area contributed by atoms with Gasteiger partial charge < -0.3 is 25.2 Å². The molecule has 1 fully saturated rings. The molecular formula is C25H25F3N4O5S. The fourth-order valence-electron chi connectivity index (χ4n) is 3.56. The van der Waals surface area contributed by atoms with Crippen molar-refractivity contribution in [2.75, 3.05) is 6.61 Å². The minimum Gasteiger partial charge on any atom is -0.477 e. The third kappa shape index (κ3) is 6.40. The summed E-state index contributed by atoms with van der Waals surface area (Å²) in [6.45, 7) is 3.64. The monoisotopic (exact) mass is 550 g/mol. The van der Waals surface area contributed by atoms with E-state index in [1.54, 1.807) is 6.92 Å². The number of carbonyl (C=O) groups excluding carboxylic acids is 2. The Morgan fingerprint density at radius 2 is 1.97 bits per heavy atom. The van der Waals surface area contributed by atoms with Gasteiger partial charge in [-0.3, -0.25) is 14.6 Å². The van der Waals surface area contributed by atoms with E-state index in [9.17, 15) is 27.9 Å². The van der Waals surface area contributed by atoms with Gasteiger partial charge in [-0.15, -0.1) is 0 Å². The minimum atomic E-state index is -4.68. The van der Waals surface area contributed by atoms with Gasteiger partial charge in [0.2, 0.25) is 11.8 Å². The zero-order valence-electron chi connectivity index (χ0n) is 20.5. The van der Waals surface area contributed by atoms with Crippen LogP contribution in [0.3, 0.4) is 0 Å². The van der Waals surface area contributed by atoms with E-state index in [2.05, 4.69) is 20.0 Å². The van der Waals surface area contributed by atoms with E-state index in [-0.39, 0.29) is 23.8 Å². The van der Waals surface area contributed by atoms with Crippen LogP contribution < -0.4 is 20.1 Å². The Hall–Kier alpha value is -3.71. The maximum atomic E-state index is 13.5. The van der Waals surface area contributed by atoms with Crippen LogP contribution in [0.15, 0.2) is 42.6 Å². The predicted octanol–water partition coefficient (Wildman–Crippen LogP) is 4.38. The van der Waals surface area contributed by atoms with Crippen molar-refractivity contribution in [3.05, 3.63) is 64.3 Å². The Balaban J connectivity index is 1.34. The van der Waals surface area contributed by atoms with Crippen molar-refractivity contribution in [2.24, 2.45) is 0 Å². The molecule has 1 aliphatic carbocycles. The number of amides is 2. The van der Waals surface area contributed by atoms with Crippen LogP contribution in [0.4, 0.5) is 13.2 Å². The highest BCUT2D eigenvalue weighted by Gasteiger charge is 2.51. The number of alkyl halides is 3. The Morgan fingerprint density at radius 3 is 2.58 bits per heavy atom. The van der Waals surface area contributed by atoms with E-state index in [1.807, 2.05) is 0 Å². The summed E-state index contributed by atoms with van der Waals surface area (Å²) in [4.78, 5) is 29.8. The van der Waals surface area contributed by atoms with Gasteiger partial charge >= 0.3 is 6.18 Å². The molecule has 1 atom stereocenters. The molecule has 1 saturated carbocycles. The van der Waals surface area contributed by atoms with Gasteiger partial charge in [-0.25, -0.2) is 0 Å². The number of carbonyl (C=O) groups is 2. The quantitative estimate of drug-likeness (QED) is 0.342. The maximum absolute atomic E-state index is 13.5. The lowest BCUT2D eigenvalue weighted by atomic mass is 10.1. The number of nitrogens with one attached hydrogen (secondary N) is 2. The lowest BCUT2D eigenvalue weighted by molar-refractivity contribution is -0.138. The van der Waals surface area contributed by atoms with E-state index >= 15 is 0 Å². The molecule has 2 aromatic heterocycles. The van der Waals surface area contributed by atoms with Crippen molar-refractivity contribution in [3.63, 3.8) is 0 Å². The average Bonchev–Trinajstić information content (AvgIpc) is 3.50. The molecule has 3 aromatic rings. The van der Waals surface area contributed by atoms with E-state index in [0.717, 1.165) is 23.7 Å². The van der Waals surface area contributed by atoms with E-state index in [4.69, 9.17) is 9.47 Å². The highest BCUT2D eigenvalue weighted by molar-refractivity contribution is 7.08. The first kappa shape index (κ1) is 27.3. The van der Waals surface area contributed by atoms with E-state index in [0.29, 0.717) is 35.9 Å². The number of pyridine rings is 1. The molecule has 1 unspecified atom stereocenters. The largest absolute Gasteiger partial charge is 0.477 e. The summed E-state index contributed by atoms with van der Waals surface area (Å²) in [5.41, 5.74) is -1.48. The van der Waals surface area contributed by atoms with Gasteiger partial charge in [0.15, 0.2) is 0 Å². The average molecular weight is 551 g/mol. The van der Waals surface area contributed by atoms with Gasteiger partial charge in [0.1, 0.15) is 21.9 Å². The molecule has 2 heterocycles. The second-order valence-corrected chi connectivity index (χ2v) is 9.50. The normalized spacial score (nSPS) is 14.9. The third-order valence-electron chi connectivity index (χ3n) is 5.79. The number of nitrogens with zero attached hydrogens (tertiary/aromatic N) is 2. The second kappa shape index (κ2) is 11.0. The van der Waals surface area contributed by atoms with Crippen molar-refractivity contribution in [2.45, 2.75) is 51.1 Å². The summed E-state index contributed by atoms with van der Waals surface area (Å²) in [6.07, 6.45) is -3.53. The predicted molar refractivity (Wildman–Crippen MR) is 131 cm³/mol.